The summed E-state index contributed by atoms with van der Waals surface area (Å²) >= 11 is 0. The predicted octanol–water partition coefficient (Wildman–Crippen LogP) is 3.41. The first-order chi connectivity index (χ1) is 11.1. The zero-order chi connectivity index (χ0) is 16.2. The van der Waals surface area contributed by atoms with E-state index >= 15 is 0 Å². The van der Waals surface area contributed by atoms with Crippen LogP contribution in [0.4, 0.5) is 0 Å². The van der Waals surface area contributed by atoms with Crippen LogP contribution in [0.3, 0.4) is 0 Å². The molecule has 23 heavy (non-hydrogen) atoms. The molecule has 2 atom stereocenters. The molecular weight excluding hydrogens is 288 g/mol. The average Bonchev–Trinajstić information content (AvgIpc) is 3.03. The maximum atomic E-state index is 12.5. The first kappa shape index (κ1) is 15.3. The van der Waals surface area contributed by atoms with Gasteiger partial charge in [-0.2, -0.15) is 0 Å². The van der Waals surface area contributed by atoms with Gasteiger partial charge in [0.1, 0.15) is 0 Å². The maximum absolute atomic E-state index is 12.5. The Morgan fingerprint density at radius 3 is 2.70 bits per heavy atom. The van der Waals surface area contributed by atoms with Crippen LogP contribution in [0.2, 0.25) is 0 Å². The monoisotopic (exact) mass is 308 g/mol. The molecule has 1 aromatic heterocycles. The van der Waals surface area contributed by atoms with Gasteiger partial charge in [0.2, 0.25) is 0 Å². The average molecular weight is 308 g/mol. The Bertz CT molecular complexity index is 795. The second kappa shape index (κ2) is 6.67. The molecule has 3 N–H and O–H groups in total. The van der Waals surface area contributed by atoms with E-state index in [0.717, 1.165) is 16.5 Å². The van der Waals surface area contributed by atoms with E-state index in [1.807, 2.05) is 61.7 Å². The van der Waals surface area contributed by atoms with Crippen molar-refractivity contribution in [3.05, 3.63) is 71.9 Å². The minimum atomic E-state index is -0.590. The fourth-order valence-electron chi connectivity index (χ4n) is 2.78. The molecule has 1 heterocycles. The summed E-state index contributed by atoms with van der Waals surface area (Å²) in [5, 5.41) is 14.2. The Balaban J connectivity index is 1.67. The maximum Gasteiger partial charge on any atom is 0.253 e. The molecule has 2 unspecified atom stereocenters. The quantitative estimate of drug-likeness (QED) is 0.676. The topological polar surface area (TPSA) is 65.1 Å². The van der Waals surface area contributed by atoms with E-state index in [0.29, 0.717) is 12.0 Å². The van der Waals surface area contributed by atoms with Crippen LogP contribution in [0.5, 0.6) is 0 Å². The third kappa shape index (κ3) is 3.43. The summed E-state index contributed by atoms with van der Waals surface area (Å²) in [6, 6.07) is 16.9. The van der Waals surface area contributed by atoms with Gasteiger partial charge in [-0.05, 0) is 31.0 Å². The summed E-state index contributed by atoms with van der Waals surface area (Å²) in [6.07, 6.45) is 1.70. The van der Waals surface area contributed by atoms with Crippen LogP contribution in [-0.4, -0.2) is 22.0 Å². The van der Waals surface area contributed by atoms with Gasteiger partial charge in [-0.15, -0.1) is 0 Å². The molecule has 3 rings (SSSR count). The van der Waals surface area contributed by atoms with Crippen molar-refractivity contribution in [3.8, 4) is 0 Å². The lowest BCUT2D eigenvalue weighted by atomic mass is 10.0. The van der Waals surface area contributed by atoms with E-state index in [9.17, 15) is 9.90 Å². The third-order valence-corrected chi connectivity index (χ3v) is 3.97. The van der Waals surface area contributed by atoms with Gasteiger partial charge in [-0.1, -0.05) is 42.5 Å². The van der Waals surface area contributed by atoms with E-state index < -0.39 is 6.10 Å². The Kier molecular flexibility index (Phi) is 4.44. The summed E-state index contributed by atoms with van der Waals surface area (Å²) < 4.78 is 0. The smallest absolute Gasteiger partial charge is 0.253 e. The molecule has 0 saturated carbocycles. The standard InChI is InChI=1S/C19H20N2O2/c1-13(12-17(22)14-6-3-2-4-7-14)21-19(23)16-9-5-8-15-10-11-20-18(15)16/h2-11,13,17,20,22H,12H2,1H3,(H,21,23). The van der Waals surface area contributed by atoms with E-state index in [-0.39, 0.29) is 11.9 Å². The number of aliphatic hydroxyl groups is 1. The number of H-pyrrole nitrogens is 1. The fraction of sp³-hybridized carbons (Fsp3) is 0.211. The summed E-state index contributed by atoms with van der Waals surface area (Å²) in [4.78, 5) is 15.6. The lowest BCUT2D eigenvalue weighted by Gasteiger charge is -2.18. The van der Waals surface area contributed by atoms with Crippen molar-refractivity contribution in [1.82, 2.24) is 10.3 Å². The highest BCUT2D eigenvalue weighted by Crippen LogP contribution is 2.19. The van der Waals surface area contributed by atoms with E-state index in [4.69, 9.17) is 0 Å². The summed E-state index contributed by atoms with van der Waals surface area (Å²) in [5.74, 6) is -0.134. The van der Waals surface area contributed by atoms with Gasteiger partial charge in [0, 0.05) is 17.6 Å². The number of aliphatic hydroxyl groups excluding tert-OH is 1. The van der Waals surface area contributed by atoms with Gasteiger partial charge in [0.25, 0.3) is 5.91 Å². The van der Waals surface area contributed by atoms with Crippen molar-refractivity contribution >= 4 is 16.8 Å². The number of aromatic nitrogens is 1. The molecule has 2 aromatic carbocycles. The van der Waals surface area contributed by atoms with Crippen LogP contribution >= 0.6 is 0 Å². The minimum Gasteiger partial charge on any atom is -0.388 e. The number of amides is 1. The second-order valence-electron chi connectivity index (χ2n) is 5.78. The zero-order valence-corrected chi connectivity index (χ0v) is 13.0. The van der Waals surface area contributed by atoms with Crippen LogP contribution in [0, 0.1) is 0 Å². The number of hydrogen-bond acceptors (Lipinski definition) is 2. The van der Waals surface area contributed by atoms with E-state index in [2.05, 4.69) is 10.3 Å². The molecule has 0 aliphatic rings. The lowest BCUT2D eigenvalue weighted by molar-refractivity contribution is 0.0918. The number of nitrogens with one attached hydrogen (secondary N) is 2. The molecule has 0 radical (unpaired) electrons. The molecule has 0 aliphatic heterocycles. The van der Waals surface area contributed by atoms with Gasteiger partial charge in [0.15, 0.2) is 0 Å². The molecule has 0 bridgehead atoms. The van der Waals surface area contributed by atoms with Crippen LogP contribution < -0.4 is 5.32 Å². The van der Waals surface area contributed by atoms with Gasteiger partial charge in [-0.3, -0.25) is 4.79 Å². The number of carbonyl (C=O) groups is 1. The largest absolute Gasteiger partial charge is 0.388 e. The first-order valence-corrected chi connectivity index (χ1v) is 7.75. The Labute approximate surface area is 135 Å². The summed E-state index contributed by atoms with van der Waals surface area (Å²) in [6.45, 7) is 1.90. The normalized spacial score (nSPS) is 13.7. The van der Waals surface area contributed by atoms with Crippen molar-refractivity contribution in [3.63, 3.8) is 0 Å². The van der Waals surface area contributed by atoms with Gasteiger partial charge < -0.3 is 15.4 Å². The number of aromatic amines is 1. The number of benzene rings is 2. The molecule has 1 amide bonds. The number of para-hydroxylation sites is 1. The van der Waals surface area contributed by atoms with Crippen LogP contribution in [0.15, 0.2) is 60.8 Å². The molecule has 0 fully saturated rings. The van der Waals surface area contributed by atoms with Crippen LogP contribution in [0.25, 0.3) is 10.9 Å². The number of carbonyl (C=O) groups excluding carboxylic acids is 1. The molecule has 0 aliphatic carbocycles. The lowest BCUT2D eigenvalue weighted by Crippen LogP contribution is -2.33. The second-order valence-corrected chi connectivity index (χ2v) is 5.78. The number of rotatable bonds is 5. The van der Waals surface area contributed by atoms with Crippen LogP contribution in [0.1, 0.15) is 35.4 Å². The third-order valence-electron chi connectivity index (χ3n) is 3.97. The molecule has 4 nitrogen and oxygen atoms in total. The highest BCUT2D eigenvalue weighted by atomic mass is 16.3. The van der Waals surface area contributed by atoms with Crippen molar-refractivity contribution in [1.29, 1.82) is 0 Å². The minimum absolute atomic E-state index is 0.134. The first-order valence-electron chi connectivity index (χ1n) is 7.75. The zero-order valence-electron chi connectivity index (χ0n) is 13.0. The molecule has 118 valence electrons. The Morgan fingerprint density at radius 2 is 1.91 bits per heavy atom. The van der Waals surface area contributed by atoms with E-state index in [1.54, 1.807) is 6.07 Å². The summed E-state index contributed by atoms with van der Waals surface area (Å²) in [5.41, 5.74) is 2.31. The molecule has 3 aromatic rings. The molecule has 0 spiro atoms. The molecule has 4 heteroatoms. The summed E-state index contributed by atoms with van der Waals surface area (Å²) in [7, 11) is 0. The van der Waals surface area contributed by atoms with Crippen molar-refractivity contribution in [2.45, 2.75) is 25.5 Å². The van der Waals surface area contributed by atoms with Crippen molar-refractivity contribution < 1.29 is 9.90 Å². The van der Waals surface area contributed by atoms with Crippen LogP contribution in [-0.2, 0) is 0 Å². The van der Waals surface area contributed by atoms with Crippen molar-refractivity contribution in [2.75, 3.05) is 0 Å². The molecule has 0 saturated heterocycles. The van der Waals surface area contributed by atoms with Gasteiger partial charge in [0.05, 0.1) is 17.2 Å². The highest BCUT2D eigenvalue weighted by molar-refractivity contribution is 6.05. The fourth-order valence-corrected chi connectivity index (χ4v) is 2.78. The van der Waals surface area contributed by atoms with Crippen molar-refractivity contribution in [2.24, 2.45) is 0 Å². The number of fused-ring (bicyclic) bond motifs is 1. The highest BCUT2D eigenvalue weighted by Gasteiger charge is 2.16. The van der Waals surface area contributed by atoms with E-state index in [1.165, 1.54) is 0 Å². The van der Waals surface area contributed by atoms with Gasteiger partial charge in [-0.25, -0.2) is 0 Å². The number of hydrogen-bond donors (Lipinski definition) is 3. The SMILES string of the molecule is CC(CC(O)c1ccccc1)NC(=O)c1cccc2cc[nH]c12. The molecular formula is C19H20N2O2. The Hall–Kier alpha value is -2.59. The predicted molar refractivity (Wildman–Crippen MR) is 91.2 cm³/mol. The van der Waals surface area contributed by atoms with Gasteiger partial charge >= 0.3 is 0 Å². The Morgan fingerprint density at radius 1 is 1.13 bits per heavy atom.